The van der Waals surface area contributed by atoms with Gasteiger partial charge in [0.15, 0.2) is 0 Å². The summed E-state index contributed by atoms with van der Waals surface area (Å²) in [5.74, 6) is 0.749. The number of hydrogen-bond donors (Lipinski definition) is 1. The number of nitrogens with one attached hydrogen (secondary N) is 1. The first-order chi connectivity index (χ1) is 8.67. The van der Waals surface area contributed by atoms with Crippen LogP contribution in [0.15, 0.2) is 15.5 Å². The fourth-order valence-electron chi connectivity index (χ4n) is 2.11. The Morgan fingerprint density at radius 1 is 1.56 bits per heavy atom. The van der Waals surface area contributed by atoms with E-state index in [0.717, 1.165) is 24.4 Å². The van der Waals surface area contributed by atoms with Crippen LogP contribution >= 0.6 is 15.9 Å². The minimum absolute atomic E-state index is 0.0397. The molecule has 1 fully saturated rings. The molecule has 0 aliphatic heterocycles. The van der Waals surface area contributed by atoms with Gasteiger partial charge in [-0.25, -0.2) is 4.68 Å². The number of aromatic nitrogens is 2. The largest absolute Gasteiger partial charge is 0.380 e. The van der Waals surface area contributed by atoms with Gasteiger partial charge in [0.25, 0.3) is 5.56 Å². The summed E-state index contributed by atoms with van der Waals surface area (Å²) in [7, 11) is 0. The van der Waals surface area contributed by atoms with Gasteiger partial charge in [-0.2, -0.15) is 5.10 Å². The molecule has 0 saturated heterocycles. The lowest BCUT2D eigenvalue weighted by atomic mass is 10.3. The molecule has 4 nitrogen and oxygen atoms in total. The van der Waals surface area contributed by atoms with Crippen molar-refractivity contribution < 1.29 is 0 Å². The average Bonchev–Trinajstić information content (AvgIpc) is 3.13. The van der Waals surface area contributed by atoms with Gasteiger partial charge in [-0.05, 0) is 34.7 Å². The van der Waals surface area contributed by atoms with Gasteiger partial charge in [-0.1, -0.05) is 26.7 Å². The van der Waals surface area contributed by atoms with Crippen molar-refractivity contribution in [3.05, 3.63) is 21.0 Å². The molecule has 0 amide bonds. The van der Waals surface area contributed by atoms with E-state index in [4.69, 9.17) is 0 Å². The summed E-state index contributed by atoms with van der Waals surface area (Å²) in [5, 5.41) is 7.61. The van der Waals surface area contributed by atoms with Crippen LogP contribution in [0.25, 0.3) is 0 Å². The Morgan fingerprint density at radius 3 is 2.94 bits per heavy atom. The van der Waals surface area contributed by atoms with Crippen LogP contribution in [0.2, 0.25) is 0 Å². The molecule has 1 aromatic rings. The number of rotatable bonds is 6. The van der Waals surface area contributed by atoms with E-state index in [1.807, 2.05) is 0 Å². The van der Waals surface area contributed by atoms with Crippen LogP contribution in [0, 0.1) is 5.92 Å². The number of hydrogen-bond acceptors (Lipinski definition) is 3. The lowest BCUT2D eigenvalue weighted by Crippen LogP contribution is -2.25. The second kappa shape index (κ2) is 5.87. The van der Waals surface area contributed by atoms with Crippen molar-refractivity contribution in [3.8, 4) is 0 Å². The zero-order valence-electron chi connectivity index (χ0n) is 10.9. The van der Waals surface area contributed by atoms with Crippen LogP contribution in [-0.4, -0.2) is 15.8 Å². The number of halogens is 1. The van der Waals surface area contributed by atoms with Gasteiger partial charge in [0.05, 0.1) is 11.9 Å². The molecule has 0 spiro atoms. The molecule has 1 N–H and O–H groups in total. The molecule has 100 valence electrons. The van der Waals surface area contributed by atoms with Gasteiger partial charge in [0.1, 0.15) is 4.47 Å². The SMILES string of the molecule is CCCCn1ncc(NC2CC2CC)c(Br)c1=O. The van der Waals surface area contributed by atoms with E-state index in [2.05, 4.69) is 40.2 Å². The summed E-state index contributed by atoms with van der Waals surface area (Å²) in [6, 6.07) is 0.513. The Kier molecular flexibility index (Phi) is 4.43. The Morgan fingerprint density at radius 2 is 2.33 bits per heavy atom. The van der Waals surface area contributed by atoms with Crippen molar-refractivity contribution in [2.75, 3.05) is 5.32 Å². The molecule has 0 aromatic carbocycles. The predicted octanol–water partition coefficient (Wildman–Crippen LogP) is 3.02. The lowest BCUT2D eigenvalue weighted by Gasteiger charge is -2.10. The van der Waals surface area contributed by atoms with Crippen LogP contribution in [0.1, 0.15) is 39.5 Å². The van der Waals surface area contributed by atoms with E-state index in [0.29, 0.717) is 17.1 Å². The van der Waals surface area contributed by atoms with Gasteiger partial charge in [-0.15, -0.1) is 0 Å². The fraction of sp³-hybridized carbons (Fsp3) is 0.692. The quantitative estimate of drug-likeness (QED) is 0.878. The van der Waals surface area contributed by atoms with Crippen LogP contribution < -0.4 is 10.9 Å². The molecule has 0 radical (unpaired) electrons. The van der Waals surface area contributed by atoms with E-state index in [1.165, 1.54) is 17.5 Å². The number of nitrogens with zero attached hydrogens (tertiary/aromatic N) is 2. The molecular formula is C13H20BrN3O. The molecular weight excluding hydrogens is 294 g/mol. The maximum Gasteiger partial charge on any atom is 0.283 e. The minimum atomic E-state index is -0.0397. The average molecular weight is 314 g/mol. The highest BCUT2D eigenvalue weighted by Gasteiger charge is 2.35. The molecule has 1 aliphatic rings. The minimum Gasteiger partial charge on any atom is -0.380 e. The van der Waals surface area contributed by atoms with E-state index < -0.39 is 0 Å². The zero-order chi connectivity index (χ0) is 13.1. The summed E-state index contributed by atoms with van der Waals surface area (Å²) in [4.78, 5) is 12.1. The maximum atomic E-state index is 12.1. The van der Waals surface area contributed by atoms with E-state index >= 15 is 0 Å². The van der Waals surface area contributed by atoms with Crippen molar-refractivity contribution in [1.29, 1.82) is 0 Å². The first-order valence-corrected chi connectivity index (χ1v) is 7.48. The van der Waals surface area contributed by atoms with Crippen molar-refractivity contribution in [3.63, 3.8) is 0 Å². The Hall–Kier alpha value is -0.840. The smallest absolute Gasteiger partial charge is 0.283 e. The van der Waals surface area contributed by atoms with Crippen LogP contribution in [-0.2, 0) is 6.54 Å². The summed E-state index contributed by atoms with van der Waals surface area (Å²) in [5.41, 5.74) is 0.788. The Balaban J connectivity index is 2.09. The van der Waals surface area contributed by atoms with Crippen molar-refractivity contribution in [2.45, 2.75) is 52.1 Å². The normalized spacial score (nSPS) is 21.9. The predicted molar refractivity (Wildman–Crippen MR) is 76.9 cm³/mol. The highest BCUT2D eigenvalue weighted by molar-refractivity contribution is 9.10. The molecule has 2 atom stereocenters. The van der Waals surface area contributed by atoms with Gasteiger partial charge in [0, 0.05) is 12.6 Å². The molecule has 2 rings (SSSR count). The first-order valence-electron chi connectivity index (χ1n) is 6.69. The fourth-order valence-corrected chi connectivity index (χ4v) is 2.53. The molecule has 1 aliphatic carbocycles. The van der Waals surface area contributed by atoms with Gasteiger partial charge < -0.3 is 5.32 Å². The molecule has 18 heavy (non-hydrogen) atoms. The van der Waals surface area contributed by atoms with Crippen molar-refractivity contribution in [1.82, 2.24) is 9.78 Å². The number of aryl methyl sites for hydroxylation is 1. The summed E-state index contributed by atoms with van der Waals surface area (Å²) in [6.45, 7) is 4.99. The lowest BCUT2D eigenvalue weighted by molar-refractivity contribution is 0.541. The molecule has 2 unspecified atom stereocenters. The highest BCUT2D eigenvalue weighted by atomic mass is 79.9. The van der Waals surface area contributed by atoms with Gasteiger partial charge in [-0.3, -0.25) is 4.79 Å². The van der Waals surface area contributed by atoms with E-state index in [9.17, 15) is 4.79 Å². The number of anilines is 1. The van der Waals surface area contributed by atoms with Crippen molar-refractivity contribution >= 4 is 21.6 Å². The second-order valence-corrected chi connectivity index (χ2v) is 5.70. The van der Waals surface area contributed by atoms with Gasteiger partial charge >= 0.3 is 0 Å². The topological polar surface area (TPSA) is 46.9 Å². The monoisotopic (exact) mass is 313 g/mol. The first kappa shape index (κ1) is 13.6. The van der Waals surface area contributed by atoms with Crippen LogP contribution in [0.3, 0.4) is 0 Å². The van der Waals surface area contributed by atoms with Crippen LogP contribution in [0.4, 0.5) is 5.69 Å². The summed E-state index contributed by atoms with van der Waals surface area (Å²) in [6.07, 6.45) is 6.18. The third-order valence-electron chi connectivity index (χ3n) is 3.50. The van der Waals surface area contributed by atoms with E-state index in [-0.39, 0.29) is 5.56 Å². The summed E-state index contributed by atoms with van der Waals surface area (Å²) < 4.78 is 2.14. The van der Waals surface area contributed by atoms with Crippen LogP contribution in [0.5, 0.6) is 0 Å². The molecule has 1 aromatic heterocycles. The maximum absolute atomic E-state index is 12.1. The Bertz CT molecular complexity index is 472. The highest BCUT2D eigenvalue weighted by Crippen LogP contribution is 2.36. The second-order valence-electron chi connectivity index (χ2n) is 4.91. The third-order valence-corrected chi connectivity index (χ3v) is 4.26. The molecule has 0 bridgehead atoms. The molecule has 5 heteroatoms. The zero-order valence-corrected chi connectivity index (χ0v) is 12.5. The third kappa shape index (κ3) is 2.94. The van der Waals surface area contributed by atoms with Crippen molar-refractivity contribution in [2.24, 2.45) is 5.92 Å². The molecule has 1 saturated carbocycles. The standard InChI is InChI=1S/C13H20BrN3O/c1-3-5-6-17-13(18)12(14)11(8-15-17)16-10-7-9(10)4-2/h8-10,16H,3-7H2,1-2H3. The van der Waals surface area contributed by atoms with E-state index in [1.54, 1.807) is 6.20 Å². The van der Waals surface area contributed by atoms with Gasteiger partial charge in [0.2, 0.25) is 0 Å². The molecule has 1 heterocycles. The number of unbranched alkanes of at least 4 members (excludes halogenated alkanes) is 1. The Labute approximate surface area is 116 Å². The summed E-state index contributed by atoms with van der Waals surface area (Å²) >= 11 is 3.39.